The third kappa shape index (κ3) is 5.61. The molecule has 2 N–H and O–H groups in total. The van der Waals surface area contributed by atoms with Gasteiger partial charge in [0.1, 0.15) is 10.6 Å². The van der Waals surface area contributed by atoms with E-state index in [1.807, 2.05) is 24.3 Å². The SMILES string of the molecule is COc1ccc(SCCC(=O)NCc2ccc(C(=O)O)s2)cc1. The zero-order valence-electron chi connectivity index (χ0n) is 12.6. The van der Waals surface area contributed by atoms with E-state index in [4.69, 9.17) is 9.84 Å². The van der Waals surface area contributed by atoms with Crippen molar-refractivity contribution in [3.8, 4) is 5.75 Å². The predicted molar refractivity (Wildman–Crippen MR) is 91.5 cm³/mol. The molecule has 0 fully saturated rings. The monoisotopic (exact) mass is 351 g/mol. The minimum atomic E-state index is -0.941. The molecule has 1 aromatic carbocycles. The maximum absolute atomic E-state index is 11.8. The number of methoxy groups -OCH3 is 1. The number of hydrogen-bond acceptors (Lipinski definition) is 5. The number of benzene rings is 1. The maximum Gasteiger partial charge on any atom is 0.345 e. The molecular formula is C16H17NO4S2. The highest BCUT2D eigenvalue weighted by atomic mass is 32.2. The Morgan fingerprint density at radius 2 is 1.96 bits per heavy atom. The maximum atomic E-state index is 11.8. The van der Waals surface area contributed by atoms with Crippen molar-refractivity contribution in [1.29, 1.82) is 0 Å². The number of thioether (sulfide) groups is 1. The Bertz CT molecular complexity index is 667. The number of carboxylic acids is 1. The lowest BCUT2D eigenvalue weighted by Crippen LogP contribution is -2.22. The minimum Gasteiger partial charge on any atom is -0.497 e. The van der Waals surface area contributed by atoms with Crippen LogP contribution in [0.2, 0.25) is 0 Å². The first-order valence-electron chi connectivity index (χ1n) is 6.94. The Morgan fingerprint density at radius 3 is 2.57 bits per heavy atom. The van der Waals surface area contributed by atoms with Gasteiger partial charge in [0.15, 0.2) is 0 Å². The van der Waals surface area contributed by atoms with Gasteiger partial charge < -0.3 is 15.2 Å². The van der Waals surface area contributed by atoms with Crippen LogP contribution in [0.25, 0.3) is 0 Å². The molecule has 0 aliphatic carbocycles. The van der Waals surface area contributed by atoms with Crippen LogP contribution in [-0.2, 0) is 11.3 Å². The van der Waals surface area contributed by atoms with E-state index in [2.05, 4.69) is 5.32 Å². The second-order valence-corrected chi connectivity index (χ2v) is 6.96. The van der Waals surface area contributed by atoms with Crippen molar-refractivity contribution in [2.24, 2.45) is 0 Å². The van der Waals surface area contributed by atoms with Crippen LogP contribution in [-0.4, -0.2) is 29.8 Å². The number of hydrogen-bond donors (Lipinski definition) is 2. The van der Waals surface area contributed by atoms with E-state index in [0.29, 0.717) is 18.7 Å². The Hall–Kier alpha value is -1.99. The summed E-state index contributed by atoms with van der Waals surface area (Å²) in [6, 6.07) is 11.0. The predicted octanol–water partition coefficient (Wildman–Crippen LogP) is 3.25. The molecule has 0 saturated carbocycles. The highest BCUT2D eigenvalue weighted by Gasteiger charge is 2.08. The lowest BCUT2D eigenvalue weighted by Gasteiger charge is -2.05. The number of amides is 1. The topological polar surface area (TPSA) is 75.6 Å². The van der Waals surface area contributed by atoms with Gasteiger partial charge in [0.05, 0.1) is 13.7 Å². The number of aromatic carboxylic acids is 1. The van der Waals surface area contributed by atoms with E-state index in [1.165, 1.54) is 11.3 Å². The number of rotatable bonds is 8. The molecule has 0 radical (unpaired) electrons. The lowest BCUT2D eigenvalue weighted by atomic mass is 10.3. The molecule has 23 heavy (non-hydrogen) atoms. The average molecular weight is 351 g/mol. The molecule has 1 heterocycles. The third-order valence-corrected chi connectivity index (χ3v) is 5.08. The van der Waals surface area contributed by atoms with E-state index in [-0.39, 0.29) is 10.8 Å². The zero-order chi connectivity index (χ0) is 16.7. The fourth-order valence-electron chi connectivity index (χ4n) is 1.80. The van der Waals surface area contributed by atoms with E-state index in [9.17, 15) is 9.59 Å². The lowest BCUT2D eigenvalue weighted by molar-refractivity contribution is -0.120. The molecule has 122 valence electrons. The van der Waals surface area contributed by atoms with Gasteiger partial charge in [-0.1, -0.05) is 0 Å². The second-order valence-electron chi connectivity index (χ2n) is 4.62. The van der Waals surface area contributed by atoms with Crippen LogP contribution in [0.5, 0.6) is 5.75 Å². The van der Waals surface area contributed by atoms with Gasteiger partial charge in [0.25, 0.3) is 0 Å². The standard InChI is InChI=1S/C16H17NO4S2/c1-21-11-2-4-12(5-3-11)22-9-8-15(18)17-10-13-6-7-14(23-13)16(19)20/h2-7H,8-10H2,1H3,(H,17,18)(H,19,20). The quantitative estimate of drug-likeness (QED) is 0.714. The van der Waals surface area contributed by atoms with Crippen molar-refractivity contribution >= 4 is 35.0 Å². The summed E-state index contributed by atoms with van der Waals surface area (Å²) in [5, 5.41) is 11.6. The van der Waals surface area contributed by atoms with Gasteiger partial charge in [-0.05, 0) is 36.4 Å². The summed E-state index contributed by atoms with van der Waals surface area (Å²) in [6.07, 6.45) is 0.411. The first-order chi connectivity index (χ1) is 11.1. The van der Waals surface area contributed by atoms with E-state index < -0.39 is 5.97 Å². The summed E-state index contributed by atoms with van der Waals surface area (Å²) >= 11 is 2.78. The first kappa shape index (κ1) is 17.4. The zero-order valence-corrected chi connectivity index (χ0v) is 14.2. The van der Waals surface area contributed by atoms with Crippen LogP contribution >= 0.6 is 23.1 Å². The van der Waals surface area contributed by atoms with Gasteiger partial charge in [-0.15, -0.1) is 23.1 Å². The summed E-state index contributed by atoms with van der Waals surface area (Å²) in [5.74, 6) is 0.506. The molecule has 0 bridgehead atoms. The summed E-state index contributed by atoms with van der Waals surface area (Å²) < 4.78 is 5.09. The Labute approximate surface area is 142 Å². The van der Waals surface area contributed by atoms with Gasteiger partial charge in [-0.3, -0.25) is 4.79 Å². The average Bonchev–Trinajstić information content (AvgIpc) is 3.03. The second kappa shape index (κ2) is 8.59. The highest BCUT2D eigenvalue weighted by Crippen LogP contribution is 2.22. The number of carbonyl (C=O) groups is 2. The summed E-state index contributed by atoms with van der Waals surface area (Å²) in [4.78, 5) is 24.8. The molecule has 7 heteroatoms. The molecule has 0 atom stereocenters. The van der Waals surface area contributed by atoms with Crippen molar-refractivity contribution in [2.45, 2.75) is 17.9 Å². The molecular weight excluding hydrogens is 334 g/mol. The van der Waals surface area contributed by atoms with Gasteiger partial charge in [0, 0.05) is 21.9 Å². The number of ether oxygens (including phenoxy) is 1. The van der Waals surface area contributed by atoms with Crippen molar-refractivity contribution < 1.29 is 19.4 Å². The van der Waals surface area contributed by atoms with Crippen LogP contribution in [0.3, 0.4) is 0 Å². The highest BCUT2D eigenvalue weighted by molar-refractivity contribution is 7.99. The molecule has 0 saturated heterocycles. The van der Waals surface area contributed by atoms with Gasteiger partial charge in [0.2, 0.25) is 5.91 Å². The minimum absolute atomic E-state index is 0.0451. The fraction of sp³-hybridized carbons (Fsp3) is 0.250. The smallest absolute Gasteiger partial charge is 0.345 e. The van der Waals surface area contributed by atoms with Crippen molar-refractivity contribution in [2.75, 3.05) is 12.9 Å². The summed E-state index contributed by atoms with van der Waals surface area (Å²) in [7, 11) is 1.62. The molecule has 0 aliphatic heterocycles. The van der Waals surface area contributed by atoms with Crippen LogP contribution < -0.4 is 10.1 Å². The van der Waals surface area contributed by atoms with Gasteiger partial charge in [-0.25, -0.2) is 4.79 Å². The van der Waals surface area contributed by atoms with E-state index in [0.717, 1.165) is 15.5 Å². The molecule has 1 amide bonds. The van der Waals surface area contributed by atoms with Gasteiger partial charge in [-0.2, -0.15) is 0 Å². The van der Waals surface area contributed by atoms with Crippen molar-refractivity contribution in [3.63, 3.8) is 0 Å². The number of thiophene rings is 1. The molecule has 5 nitrogen and oxygen atoms in total. The van der Waals surface area contributed by atoms with Crippen molar-refractivity contribution in [3.05, 3.63) is 46.2 Å². The van der Waals surface area contributed by atoms with Crippen LogP contribution in [0, 0.1) is 0 Å². The normalized spacial score (nSPS) is 10.3. The van der Waals surface area contributed by atoms with Crippen LogP contribution in [0.1, 0.15) is 21.0 Å². The molecule has 0 unspecified atom stereocenters. The summed E-state index contributed by atoms with van der Waals surface area (Å²) in [5.41, 5.74) is 0. The number of carboxylic acid groups (broad SMARTS) is 1. The molecule has 2 rings (SSSR count). The Morgan fingerprint density at radius 1 is 1.22 bits per heavy atom. The Kier molecular flexibility index (Phi) is 6.49. The van der Waals surface area contributed by atoms with E-state index in [1.54, 1.807) is 31.0 Å². The Balaban J connectivity index is 1.69. The first-order valence-corrected chi connectivity index (χ1v) is 8.74. The van der Waals surface area contributed by atoms with Crippen LogP contribution in [0.15, 0.2) is 41.3 Å². The van der Waals surface area contributed by atoms with Gasteiger partial charge >= 0.3 is 5.97 Å². The molecule has 2 aromatic rings. The molecule has 1 aromatic heterocycles. The third-order valence-electron chi connectivity index (χ3n) is 2.99. The number of carbonyl (C=O) groups excluding carboxylic acids is 1. The fourth-order valence-corrected chi connectivity index (χ4v) is 3.43. The largest absolute Gasteiger partial charge is 0.497 e. The van der Waals surface area contributed by atoms with Crippen LogP contribution in [0.4, 0.5) is 0 Å². The molecule has 0 spiro atoms. The van der Waals surface area contributed by atoms with Crippen molar-refractivity contribution in [1.82, 2.24) is 5.32 Å². The van der Waals surface area contributed by atoms with E-state index >= 15 is 0 Å². The summed E-state index contributed by atoms with van der Waals surface area (Å²) in [6.45, 7) is 0.365. The molecule has 0 aliphatic rings. The number of nitrogens with one attached hydrogen (secondary N) is 1.